The molecule has 3 nitrogen and oxygen atoms in total. The number of rotatable bonds is 7. The monoisotopic (exact) mass is 903 g/mol. The molecule has 2 atom stereocenters. The maximum atomic E-state index is 2.92. The first-order valence-corrected chi connectivity index (χ1v) is 27.1. The van der Waals surface area contributed by atoms with Crippen LogP contribution in [0, 0.1) is 13.8 Å². The summed E-state index contributed by atoms with van der Waals surface area (Å²) in [5, 5.41) is 8.35. The van der Waals surface area contributed by atoms with Crippen LogP contribution in [0.25, 0.3) is 27.5 Å². The average Bonchev–Trinajstić information content (AvgIpc) is 3.84. The molecule has 14 rings (SSSR count). The molecule has 3 aliphatic heterocycles. The van der Waals surface area contributed by atoms with Gasteiger partial charge >= 0.3 is 0 Å². The van der Waals surface area contributed by atoms with Crippen molar-refractivity contribution in [3.05, 3.63) is 223 Å². The van der Waals surface area contributed by atoms with Crippen LogP contribution in [0.1, 0.15) is 56.2 Å². The number of aryl methyl sites for hydroxylation is 2. The maximum Gasteiger partial charge on any atom is 0.252 e. The molecule has 0 amide bonds. The molecule has 0 bridgehead atoms. The highest BCUT2D eigenvalue weighted by Crippen LogP contribution is 2.62. The number of benzene rings is 9. The molecular weight excluding hydrogens is 850 g/mol. The van der Waals surface area contributed by atoms with E-state index in [-0.39, 0.29) is 17.7 Å². The molecule has 0 spiro atoms. The van der Waals surface area contributed by atoms with Gasteiger partial charge in [-0.25, -0.2) is 0 Å². The number of fused-ring (bicyclic) bond motifs is 10. The summed E-state index contributed by atoms with van der Waals surface area (Å²) >= 11 is 0. The van der Waals surface area contributed by atoms with Gasteiger partial charge in [-0.1, -0.05) is 196 Å². The van der Waals surface area contributed by atoms with Crippen molar-refractivity contribution in [3.8, 4) is 5.69 Å². The van der Waals surface area contributed by atoms with Crippen LogP contribution in [-0.4, -0.2) is 24.9 Å². The average molecular weight is 904 g/mol. The summed E-state index contributed by atoms with van der Waals surface area (Å²) in [7, 11) is -2.93. The lowest BCUT2D eigenvalue weighted by Crippen LogP contribution is -2.75. The highest BCUT2D eigenvalue weighted by Gasteiger charge is 2.62. The van der Waals surface area contributed by atoms with Crippen LogP contribution in [0.4, 0.5) is 28.4 Å². The summed E-state index contributed by atoms with van der Waals surface area (Å²) in [6, 6.07) is 79.5. The second-order valence-electron chi connectivity index (χ2n) is 20.8. The smallest absolute Gasteiger partial charge is 0.252 e. The molecule has 1 aliphatic carbocycles. The first kappa shape index (κ1) is 40.7. The Morgan fingerprint density at radius 1 is 0.507 bits per heavy atom. The van der Waals surface area contributed by atoms with Crippen LogP contribution < -0.4 is 46.9 Å². The third-order valence-corrected chi connectivity index (χ3v) is 22.2. The molecule has 9 aromatic carbocycles. The lowest BCUT2D eigenvalue weighted by molar-refractivity contribution is 0.195. The summed E-state index contributed by atoms with van der Waals surface area (Å²) in [6.45, 7) is 9.81. The molecule has 1 aromatic heterocycles. The summed E-state index contributed by atoms with van der Waals surface area (Å²) in [6.07, 6.45) is 4.72. The molecule has 4 heterocycles. The lowest BCUT2D eigenvalue weighted by atomic mass is 9.33. The minimum atomic E-state index is -2.93. The van der Waals surface area contributed by atoms with Gasteiger partial charge in [0.2, 0.25) is 0 Å². The Balaban J connectivity index is 1.16. The van der Waals surface area contributed by atoms with E-state index in [1.165, 1.54) is 123 Å². The van der Waals surface area contributed by atoms with Gasteiger partial charge in [-0.3, -0.25) is 0 Å². The fourth-order valence-corrected chi connectivity index (χ4v) is 19.0. The fourth-order valence-electron chi connectivity index (χ4n) is 14.2. The van der Waals surface area contributed by atoms with E-state index in [9.17, 15) is 0 Å². The number of aromatic nitrogens is 1. The minimum Gasteiger partial charge on any atom is -0.335 e. The van der Waals surface area contributed by atoms with Gasteiger partial charge in [0, 0.05) is 50.1 Å². The Kier molecular flexibility index (Phi) is 8.75. The van der Waals surface area contributed by atoms with Crippen molar-refractivity contribution in [2.45, 2.75) is 64.3 Å². The van der Waals surface area contributed by atoms with Crippen LogP contribution in [0.15, 0.2) is 206 Å². The molecule has 1 fully saturated rings. The van der Waals surface area contributed by atoms with Crippen molar-refractivity contribution in [3.63, 3.8) is 0 Å². The molecule has 0 N–H and O–H groups in total. The zero-order chi connectivity index (χ0) is 46.2. The van der Waals surface area contributed by atoms with Crippen molar-refractivity contribution < 1.29 is 0 Å². The van der Waals surface area contributed by atoms with Crippen LogP contribution in [0.2, 0.25) is 0 Å². The van der Waals surface area contributed by atoms with E-state index >= 15 is 0 Å². The Hall–Kier alpha value is -7.34. The third-order valence-electron chi connectivity index (χ3n) is 17.5. The van der Waals surface area contributed by atoms with E-state index in [0.717, 1.165) is 12.8 Å². The van der Waals surface area contributed by atoms with Gasteiger partial charge in [-0.05, 0) is 118 Å². The highest BCUT2D eigenvalue weighted by molar-refractivity contribution is 7.20. The summed E-state index contributed by atoms with van der Waals surface area (Å²) in [4.78, 5) is 5.47. The topological polar surface area (TPSA) is 11.4 Å². The molecule has 1 saturated carbocycles. The van der Waals surface area contributed by atoms with Crippen LogP contribution in [0.3, 0.4) is 0 Å². The molecule has 332 valence electrons. The molecule has 69 heavy (non-hydrogen) atoms. The number of para-hydroxylation sites is 4. The Labute approximate surface area is 407 Å². The standard InChI is InChI=1S/C64H54BN3Si/c1-43-23-14-17-34-55(43)66(56-35-18-15-24-44(56)2)45-39-58-60-59(40-45)68-62-52(63(3)37-20-21-38-64(63,68)4)41-49(42-54(62)65(60)53-33-22-32-51-50-31-16-19-36-57(50)67(58)61(51)53)69(46-25-8-5-9-26-46,47-27-10-6-11-28-47)48-29-12-7-13-30-48/h5-19,22-36,39-42H,20-21,37-38H2,1-4H3. The van der Waals surface area contributed by atoms with Gasteiger partial charge < -0.3 is 14.4 Å². The van der Waals surface area contributed by atoms with E-state index in [2.05, 4.69) is 248 Å². The van der Waals surface area contributed by atoms with E-state index in [4.69, 9.17) is 0 Å². The first-order chi connectivity index (χ1) is 33.8. The number of hydrogen-bond donors (Lipinski definition) is 0. The van der Waals surface area contributed by atoms with Gasteiger partial charge in [0.25, 0.3) is 6.71 Å². The Morgan fingerprint density at radius 3 is 1.70 bits per heavy atom. The minimum absolute atomic E-state index is 0.0151. The molecular formula is C64H54BN3Si. The zero-order valence-electron chi connectivity index (χ0n) is 39.9. The Bertz CT molecular complexity index is 3570. The SMILES string of the molecule is Cc1ccccc1N(c1cc2c3c(c1)-n1c4ccccc4c4cccc(c41)B3c1cc([Si](c3ccccc3)(c3ccccc3)c3ccccc3)cc3c1N2C1(C)CCCCC31C)c1ccccc1C. The zero-order valence-corrected chi connectivity index (χ0v) is 40.9. The molecule has 4 aliphatic rings. The van der Waals surface area contributed by atoms with Crippen LogP contribution in [0.5, 0.6) is 0 Å². The van der Waals surface area contributed by atoms with Crippen molar-refractivity contribution in [1.82, 2.24) is 4.57 Å². The summed E-state index contributed by atoms with van der Waals surface area (Å²) in [5.41, 5.74) is 18.3. The van der Waals surface area contributed by atoms with Crippen molar-refractivity contribution in [2.24, 2.45) is 0 Å². The number of nitrogens with zero attached hydrogens (tertiary/aromatic N) is 3. The molecule has 0 saturated heterocycles. The van der Waals surface area contributed by atoms with E-state index in [1.807, 2.05) is 0 Å². The number of anilines is 5. The van der Waals surface area contributed by atoms with Gasteiger partial charge in [-0.15, -0.1) is 0 Å². The van der Waals surface area contributed by atoms with Gasteiger partial charge in [0.15, 0.2) is 8.07 Å². The number of hydrogen-bond acceptors (Lipinski definition) is 2. The van der Waals surface area contributed by atoms with Gasteiger partial charge in [-0.2, -0.15) is 0 Å². The van der Waals surface area contributed by atoms with Gasteiger partial charge in [0.1, 0.15) is 0 Å². The first-order valence-electron chi connectivity index (χ1n) is 25.1. The molecule has 0 radical (unpaired) electrons. The largest absolute Gasteiger partial charge is 0.335 e. The maximum absolute atomic E-state index is 2.93. The van der Waals surface area contributed by atoms with Crippen LogP contribution in [-0.2, 0) is 5.41 Å². The lowest BCUT2D eigenvalue weighted by Gasteiger charge is -2.52. The quantitative estimate of drug-likeness (QED) is 0.117. The second kappa shape index (κ2) is 14.8. The van der Waals surface area contributed by atoms with Crippen molar-refractivity contribution >= 4 is 102 Å². The van der Waals surface area contributed by atoms with Crippen LogP contribution >= 0.6 is 0 Å². The summed E-state index contributed by atoms with van der Waals surface area (Å²) < 4.78 is 2.65. The highest BCUT2D eigenvalue weighted by atomic mass is 28.3. The fraction of sp³-hybridized carbons (Fsp3) is 0.156. The normalized spacial score (nSPS) is 18.6. The van der Waals surface area contributed by atoms with E-state index in [0.29, 0.717) is 0 Å². The van der Waals surface area contributed by atoms with Gasteiger partial charge in [0.05, 0.1) is 16.7 Å². The molecule has 2 unspecified atom stereocenters. The predicted octanol–water partition coefficient (Wildman–Crippen LogP) is 11.1. The summed E-state index contributed by atoms with van der Waals surface area (Å²) in [5.74, 6) is 0. The predicted molar refractivity (Wildman–Crippen MR) is 296 cm³/mol. The van der Waals surface area contributed by atoms with Crippen molar-refractivity contribution in [1.29, 1.82) is 0 Å². The van der Waals surface area contributed by atoms with Crippen molar-refractivity contribution in [2.75, 3.05) is 9.80 Å². The second-order valence-corrected chi connectivity index (χ2v) is 24.6. The van der Waals surface area contributed by atoms with E-state index < -0.39 is 8.07 Å². The Morgan fingerprint density at radius 2 is 1.06 bits per heavy atom. The molecule has 5 heteroatoms. The third kappa shape index (κ3) is 5.34. The van der Waals surface area contributed by atoms with E-state index in [1.54, 1.807) is 0 Å². The molecule has 10 aromatic rings.